The summed E-state index contributed by atoms with van der Waals surface area (Å²) in [6.45, 7) is 0. The van der Waals surface area contributed by atoms with E-state index in [-0.39, 0.29) is 5.82 Å². The molecule has 1 aliphatic carbocycles. The molecule has 1 saturated carbocycles. The average molecular weight is 229 g/mol. The van der Waals surface area contributed by atoms with Gasteiger partial charge < -0.3 is 5.11 Å². The van der Waals surface area contributed by atoms with Crippen molar-refractivity contribution in [3.8, 4) is 0 Å². The third-order valence-electron chi connectivity index (χ3n) is 3.10. The second-order valence-electron chi connectivity index (χ2n) is 4.21. The number of aliphatic hydroxyl groups excluding tert-OH is 1. The number of halogens is 2. The van der Waals surface area contributed by atoms with Gasteiger partial charge in [0.1, 0.15) is 5.82 Å². The highest BCUT2D eigenvalue weighted by Crippen LogP contribution is 2.36. The zero-order valence-corrected chi connectivity index (χ0v) is 9.17. The van der Waals surface area contributed by atoms with Crippen molar-refractivity contribution in [1.82, 2.24) is 0 Å². The molecule has 0 radical (unpaired) electrons. The molecule has 1 aromatic carbocycles. The summed E-state index contributed by atoms with van der Waals surface area (Å²) in [6, 6.07) is 4.13. The van der Waals surface area contributed by atoms with Crippen LogP contribution < -0.4 is 0 Å². The van der Waals surface area contributed by atoms with E-state index in [1.165, 1.54) is 37.5 Å². The highest BCUT2D eigenvalue weighted by atomic mass is 35.5. The van der Waals surface area contributed by atoms with Crippen molar-refractivity contribution in [2.45, 2.75) is 31.8 Å². The quantitative estimate of drug-likeness (QED) is 0.837. The molecule has 82 valence electrons. The second kappa shape index (κ2) is 4.50. The number of rotatable bonds is 3. The van der Waals surface area contributed by atoms with E-state index in [1.807, 2.05) is 0 Å². The zero-order valence-electron chi connectivity index (χ0n) is 8.42. The first-order valence-corrected chi connectivity index (χ1v) is 5.67. The summed E-state index contributed by atoms with van der Waals surface area (Å²) >= 11 is 5.91. The Balaban J connectivity index is 2.09. The molecule has 0 spiro atoms. The van der Waals surface area contributed by atoms with Crippen LogP contribution in [0.25, 0.3) is 0 Å². The van der Waals surface area contributed by atoms with Crippen LogP contribution in [-0.2, 0) is 0 Å². The second-order valence-corrected chi connectivity index (χ2v) is 4.62. The van der Waals surface area contributed by atoms with Crippen molar-refractivity contribution in [1.29, 1.82) is 0 Å². The van der Waals surface area contributed by atoms with Gasteiger partial charge in [0.15, 0.2) is 0 Å². The van der Waals surface area contributed by atoms with E-state index in [0.717, 1.165) is 0 Å². The molecule has 1 N–H and O–H groups in total. The molecular weight excluding hydrogens is 215 g/mol. The number of hydrogen-bond acceptors (Lipinski definition) is 1. The first-order valence-electron chi connectivity index (χ1n) is 5.30. The first-order chi connectivity index (χ1) is 7.16. The molecule has 15 heavy (non-hydrogen) atoms. The zero-order chi connectivity index (χ0) is 10.8. The third-order valence-corrected chi connectivity index (χ3v) is 3.44. The van der Waals surface area contributed by atoms with Gasteiger partial charge in [-0.2, -0.15) is 0 Å². The minimum atomic E-state index is -0.626. The average Bonchev–Trinajstić information content (AvgIpc) is 2.15. The highest BCUT2D eigenvalue weighted by molar-refractivity contribution is 6.31. The molecule has 0 saturated heterocycles. The summed E-state index contributed by atoms with van der Waals surface area (Å²) in [7, 11) is 0. The predicted octanol–water partition coefficient (Wildman–Crippen LogP) is 3.70. The Hall–Kier alpha value is -0.600. The Kier molecular flexibility index (Phi) is 3.27. The fraction of sp³-hybridized carbons (Fsp3) is 0.500. The number of hydrogen-bond donors (Lipinski definition) is 1. The van der Waals surface area contributed by atoms with Gasteiger partial charge in [-0.15, -0.1) is 0 Å². The molecule has 2 rings (SSSR count). The minimum Gasteiger partial charge on any atom is -0.388 e. The van der Waals surface area contributed by atoms with Gasteiger partial charge in [-0.25, -0.2) is 4.39 Å². The Morgan fingerprint density at radius 3 is 2.80 bits per heavy atom. The minimum absolute atomic E-state index is 0.345. The SMILES string of the molecule is OC(CC1CCC1)c1cc(F)ccc1Cl. The molecule has 1 fully saturated rings. The Morgan fingerprint density at radius 1 is 1.47 bits per heavy atom. The molecule has 0 bridgehead atoms. The third kappa shape index (κ3) is 2.50. The van der Waals surface area contributed by atoms with Crippen LogP contribution in [0.15, 0.2) is 18.2 Å². The van der Waals surface area contributed by atoms with Crippen molar-refractivity contribution in [3.63, 3.8) is 0 Å². The van der Waals surface area contributed by atoms with E-state index < -0.39 is 6.10 Å². The van der Waals surface area contributed by atoms with Crippen LogP contribution >= 0.6 is 11.6 Å². The van der Waals surface area contributed by atoms with Crippen LogP contribution in [0.5, 0.6) is 0 Å². The Labute approximate surface area is 93.9 Å². The highest BCUT2D eigenvalue weighted by Gasteiger charge is 2.23. The number of aliphatic hydroxyl groups is 1. The summed E-state index contributed by atoms with van der Waals surface area (Å²) in [6.07, 6.45) is 3.66. The van der Waals surface area contributed by atoms with Crippen molar-refractivity contribution in [2.24, 2.45) is 5.92 Å². The van der Waals surface area contributed by atoms with E-state index in [1.54, 1.807) is 0 Å². The van der Waals surface area contributed by atoms with Gasteiger partial charge in [0.2, 0.25) is 0 Å². The maximum atomic E-state index is 13.0. The van der Waals surface area contributed by atoms with Crippen molar-refractivity contribution in [2.75, 3.05) is 0 Å². The lowest BCUT2D eigenvalue weighted by Gasteiger charge is -2.27. The van der Waals surface area contributed by atoms with Gasteiger partial charge in [0, 0.05) is 10.6 Å². The molecule has 1 aliphatic rings. The summed E-state index contributed by atoms with van der Waals surface area (Å²) in [5.41, 5.74) is 0.517. The molecule has 0 aliphatic heterocycles. The van der Waals surface area contributed by atoms with Crippen molar-refractivity contribution < 1.29 is 9.50 Å². The Morgan fingerprint density at radius 2 is 2.20 bits per heavy atom. The predicted molar refractivity (Wildman–Crippen MR) is 58.3 cm³/mol. The molecule has 3 heteroatoms. The summed E-state index contributed by atoms with van der Waals surface area (Å²) in [5.74, 6) is 0.237. The molecule has 1 atom stereocenters. The van der Waals surface area contributed by atoms with Gasteiger partial charge in [0.25, 0.3) is 0 Å². The molecular formula is C12H14ClFO. The maximum absolute atomic E-state index is 13.0. The van der Waals surface area contributed by atoms with Crippen LogP contribution in [-0.4, -0.2) is 5.11 Å². The summed E-state index contributed by atoms with van der Waals surface area (Å²) in [5, 5.41) is 10.4. The molecule has 0 heterocycles. The van der Waals surface area contributed by atoms with Crippen LogP contribution in [0.3, 0.4) is 0 Å². The van der Waals surface area contributed by atoms with Gasteiger partial charge in [-0.3, -0.25) is 0 Å². The fourth-order valence-corrected chi connectivity index (χ4v) is 2.18. The molecule has 1 aromatic rings. The van der Waals surface area contributed by atoms with Gasteiger partial charge in [0.05, 0.1) is 6.10 Å². The molecule has 0 amide bonds. The van der Waals surface area contributed by atoms with Gasteiger partial charge in [-0.05, 0) is 30.5 Å². The van der Waals surface area contributed by atoms with Gasteiger partial charge >= 0.3 is 0 Å². The monoisotopic (exact) mass is 228 g/mol. The van der Waals surface area contributed by atoms with E-state index in [4.69, 9.17) is 11.6 Å². The summed E-state index contributed by atoms with van der Waals surface area (Å²) in [4.78, 5) is 0. The summed E-state index contributed by atoms with van der Waals surface area (Å²) < 4.78 is 13.0. The normalized spacial score (nSPS) is 18.6. The van der Waals surface area contributed by atoms with E-state index in [0.29, 0.717) is 22.9 Å². The maximum Gasteiger partial charge on any atom is 0.123 e. The van der Waals surface area contributed by atoms with E-state index in [9.17, 15) is 9.50 Å². The van der Waals surface area contributed by atoms with Crippen molar-refractivity contribution >= 4 is 11.6 Å². The first kappa shape index (κ1) is 10.9. The fourth-order valence-electron chi connectivity index (χ4n) is 1.94. The van der Waals surface area contributed by atoms with Crippen LogP contribution in [0.1, 0.15) is 37.4 Å². The van der Waals surface area contributed by atoms with Crippen molar-refractivity contribution in [3.05, 3.63) is 34.6 Å². The standard InChI is InChI=1S/C12H14ClFO/c13-11-5-4-9(14)7-10(11)12(15)6-8-2-1-3-8/h4-5,7-8,12,15H,1-3,6H2. The van der Waals surface area contributed by atoms with Crippen LogP contribution in [0.2, 0.25) is 5.02 Å². The van der Waals surface area contributed by atoms with E-state index >= 15 is 0 Å². The lowest BCUT2D eigenvalue weighted by atomic mass is 9.80. The lowest BCUT2D eigenvalue weighted by molar-refractivity contribution is 0.118. The molecule has 1 unspecified atom stereocenters. The van der Waals surface area contributed by atoms with E-state index in [2.05, 4.69) is 0 Å². The Bertz CT molecular complexity index is 349. The largest absolute Gasteiger partial charge is 0.388 e. The number of benzene rings is 1. The van der Waals surface area contributed by atoms with Crippen LogP contribution in [0, 0.1) is 11.7 Å². The smallest absolute Gasteiger partial charge is 0.123 e. The van der Waals surface area contributed by atoms with Gasteiger partial charge in [-0.1, -0.05) is 30.9 Å². The van der Waals surface area contributed by atoms with Crippen LogP contribution in [0.4, 0.5) is 4.39 Å². The molecule has 1 nitrogen and oxygen atoms in total. The lowest BCUT2D eigenvalue weighted by Crippen LogP contribution is -2.15. The topological polar surface area (TPSA) is 20.2 Å². The molecule has 0 aromatic heterocycles.